The molecule has 3 N–H and O–H groups in total. The molecule has 0 fully saturated rings. The van der Waals surface area contributed by atoms with Crippen LogP contribution in [0, 0.1) is 12.3 Å². The van der Waals surface area contributed by atoms with E-state index in [0.717, 1.165) is 0 Å². The van der Waals surface area contributed by atoms with Crippen molar-refractivity contribution in [3.8, 4) is 12.3 Å². The van der Waals surface area contributed by atoms with Gasteiger partial charge in [-0.05, 0) is 0 Å². The van der Waals surface area contributed by atoms with Gasteiger partial charge in [0.25, 0.3) is 15.6 Å². The smallest absolute Gasteiger partial charge is 0.325 e. The number of hydrogen-bond acceptors (Lipinski definition) is 5. The Morgan fingerprint density at radius 2 is 2.11 bits per heavy atom. The number of aromatic amines is 2. The fraction of sp³-hybridized carbons (Fsp3) is 0.222. The molecule has 0 saturated heterocycles. The first-order valence-corrected chi connectivity index (χ1v) is 6.20. The molecule has 0 aliphatic rings. The highest BCUT2D eigenvalue weighted by Gasteiger charge is 2.28. The number of carbonyl (C=O) groups is 1. The third-order valence-electron chi connectivity index (χ3n) is 1.98. The molecule has 1 rings (SSSR count). The normalized spacial score (nSPS) is 11.2. The van der Waals surface area contributed by atoms with Crippen molar-refractivity contribution in [1.29, 1.82) is 0 Å². The zero-order chi connectivity index (χ0) is 14.6. The van der Waals surface area contributed by atoms with Crippen LogP contribution in [0.4, 0.5) is 0 Å². The minimum absolute atomic E-state index is 0.429. The molecular formula is C9H9N3O6S. The van der Waals surface area contributed by atoms with Crippen molar-refractivity contribution in [2.24, 2.45) is 0 Å². The number of aromatic nitrogens is 2. The number of nitrogens with zero attached hydrogens (tertiary/aromatic N) is 1. The molecule has 0 saturated carbocycles. The Bertz CT molecular complexity index is 738. The van der Waals surface area contributed by atoms with Gasteiger partial charge in [0.15, 0.2) is 4.90 Å². The quantitative estimate of drug-likeness (QED) is 0.523. The predicted molar refractivity (Wildman–Crippen MR) is 62.9 cm³/mol. The number of H-pyrrole nitrogens is 2. The standard InChI is InChI=1S/C9H9N3O6S/c1-2-3-12(5-7(13)14)19(17,18)6-4-10-9(16)11-8(6)15/h1,4H,3,5H2,(H,13,14)(H2,10,11,15,16). The van der Waals surface area contributed by atoms with E-state index < -0.39 is 45.2 Å². The second-order valence-corrected chi connectivity index (χ2v) is 5.21. The summed E-state index contributed by atoms with van der Waals surface area (Å²) in [4.78, 5) is 35.7. The maximum Gasteiger partial charge on any atom is 0.325 e. The van der Waals surface area contributed by atoms with Gasteiger partial charge in [-0.1, -0.05) is 5.92 Å². The first-order chi connectivity index (χ1) is 8.78. The Morgan fingerprint density at radius 1 is 1.47 bits per heavy atom. The Hall–Kier alpha value is -2.38. The molecule has 1 aromatic rings. The molecule has 9 nitrogen and oxygen atoms in total. The van der Waals surface area contributed by atoms with Gasteiger partial charge in [-0.3, -0.25) is 14.6 Å². The SMILES string of the molecule is C#CCN(CC(=O)O)S(=O)(=O)c1c[nH]c(=O)[nH]c1=O. The summed E-state index contributed by atoms with van der Waals surface area (Å²) in [5, 5.41) is 8.62. The summed E-state index contributed by atoms with van der Waals surface area (Å²) in [6.07, 6.45) is 5.63. The molecule has 1 heterocycles. The average molecular weight is 287 g/mol. The van der Waals surface area contributed by atoms with Crippen molar-refractivity contribution in [2.75, 3.05) is 13.1 Å². The van der Waals surface area contributed by atoms with Gasteiger partial charge in [-0.2, -0.15) is 4.31 Å². The van der Waals surface area contributed by atoms with Gasteiger partial charge in [-0.25, -0.2) is 13.2 Å². The highest BCUT2D eigenvalue weighted by molar-refractivity contribution is 7.89. The van der Waals surface area contributed by atoms with E-state index >= 15 is 0 Å². The Morgan fingerprint density at radius 3 is 2.58 bits per heavy atom. The lowest BCUT2D eigenvalue weighted by molar-refractivity contribution is -0.137. The van der Waals surface area contributed by atoms with Crippen LogP contribution in [-0.2, 0) is 14.8 Å². The highest BCUT2D eigenvalue weighted by atomic mass is 32.2. The zero-order valence-corrected chi connectivity index (χ0v) is 10.2. The van der Waals surface area contributed by atoms with Crippen molar-refractivity contribution >= 4 is 16.0 Å². The molecule has 0 bridgehead atoms. The van der Waals surface area contributed by atoms with Crippen LogP contribution in [0.5, 0.6) is 0 Å². The van der Waals surface area contributed by atoms with Gasteiger partial charge in [0, 0.05) is 6.20 Å². The number of rotatable bonds is 5. The molecule has 0 amide bonds. The van der Waals surface area contributed by atoms with Gasteiger partial charge < -0.3 is 10.1 Å². The molecule has 0 atom stereocenters. The Balaban J connectivity index is 3.35. The largest absolute Gasteiger partial charge is 0.480 e. The van der Waals surface area contributed by atoms with Gasteiger partial charge in [0.05, 0.1) is 6.54 Å². The minimum Gasteiger partial charge on any atom is -0.480 e. The molecular weight excluding hydrogens is 278 g/mol. The van der Waals surface area contributed by atoms with Crippen LogP contribution in [0.15, 0.2) is 20.7 Å². The lowest BCUT2D eigenvalue weighted by Gasteiger charge is -2.16. The lowest BCUT2D eigenvalue weighted by atomic mass is 10.6. The molecule has 102 valence electrons. The molecule has 0 aliphatic carbocycles. The van der Waals surface area contributed by atoms with Crippen LogP contribution < -0.4 is 11.2 Å². The summed E-state index contributed by atoms with van der Waals surface area (Å²) in [6, 6.07) is 0. The van der Waals surface area contributed by atoms with Gasteiger partial charge in [0.2, 0.25) is 0 Å². The van der Waals surface area contributed by atoms with Crippen LogP contribution in [0.1, 0.15) is 0 Å². The first kappa shape index (κ1) is 14.7. The number of carboxylic acids is 1. The average Bonchev–Trinajstić information content (AvgIpc) is 2.27. The van der Waals surface area contributed by atoms with E-state index in [4.69, 9.17) is 11.5 Å². The Labute approximate surface area is 106 Å². The number of aliphatic carboxylic acids is 1. The lowest BCUT2D eigenvalue weighted by Crippen LogP contribution is -2.39. The van der Waals surface area contributed by atoms with Crippen molar-refractivity contribution in [3.05, 3.63) is 27.0 Å². The summed E-state index contributed by atoms with van der Waals surface area (Å²) >= 11 is 0. The van der Waals surface area contributed by atoms with Gasteiger partial charge in [-0.15, -0.1) is 6.42 Å². The van der Waals surface area contributed by atoms with Crippen LogP contribution in [0.25, 0.3) is 0 Å². The van der Waals surface area contributed by atoms with E-state index in [2.05, 4.69) is 0 Å². The third-order valence-corrected chi connectivity index (χ3v) is 3.78. The third kappa shape index (κ3) is 3.30. The van der Waals surface area contributed by atoms with Crippen molar-refractivity contribution in [2.45, 2.75) is 4.90 Å². The van der Waals surface area contributed by atoms with Crippen molar-refractivity contribution in [1.82, 2.24) is 14.3 Å². The second kappa shape index (κ2) is 5.51. The summed E-state index contributed by atoms with van der Waals surface area (Å²) < 4.78 is 24.5. The van der Waals surface area contributed by atoms with E-state index in [1.165, 1.54) is 0 Å². The van der Waals surface area contributed by atoms with E-state index in [1.807, 2.05) is 10.9 Å². The maximum absolute atomic E-state index is 12.0. The van der Waals surface area contributed by atoms with Crippen molar-refractivity contribution < 1.29 is 18.3 Å². The van der Waals surface area contributed by atoms with E-state index in [0.29, 0.717) is 10.5 Å². The topological polar surface area (TPSA) is 140 Å². The second-order valence-electron chi connectivity index (χ2n) is 3.31. The van der Waals surface area contributed by atoms with Crippen LogP contribution in [-0.4, -0.2) is 46.9 Å². The summed E-state index contributed by atoms with van der Waals surface area (Å²) in [6.45, 7) is -1.42. The summed E-state index contributed by atoms with van der Waals surface area (Å²) in [5.41, 5.74) is -2.04. The minimum atomic E-state index is -4.41. The summed E-state index contributed by atoms with van der Waals surface area (Å²) in [7, 11) is -4.41. The monoisotopic (exact) mass is 287 g/mol. The molecule has 0 aromatic carbocycles. The molecule has 10 heteroatoms. The van der Waals surface area contributed by atoms with E-state index in [-0.39, 0.29) is 0 Å². The molecule has 0 unspecified atom stereocenters. The van der Waals surface area contributed by atoms with Crippen molar-refractivity contribution in [3.63, 3.8) is 0 Å². The van der Waals surface area contributed by atoms with Gasteiger partial charge >= 0.3 is 11.7 Å². The van der Waals surface area contributed by atoms with Crippen LogP contribution >= 0.6 is 0 Å². The first-order valence-electron chi connectivity index (χ1n) is 4.76. The molecule has 0 radical (unpaired) electrons. The number of nitrogens with one attached hydrogen (secondary N) is 2. The molecule has 19 heavy (non-hydrogen) atoms. The van der Waals surface area contributed by atoms with Gasteiger partial charge in [0.1, 0.15) is 6.54 Å². The van der Waals surface area contributed by atoms with Crippen LogP contribution in [0.3, 0.4) is 0 Å². The number of carboxylic acid groups (broad SMARTS) is 1. The zero-order valence-electron chi connectivity index (χ0n) is 9.41. The van der Waals surface area contributed by atoms with E-state index in [9.17, 15) is 22.8 Å². The van der Waals surface area contributed by atoms with E-state index in [1.54, 1.807) is 4.98 Å². The van der Waals surface area contributed by atoms with Crippen LogP contribution in [0.2, 0.25) is 0 Å². The number of sulfonamides is 1. The molecule has 1 aromatic heterocycles. The highest BCUT2D eigenvalue weighted by Crippen LogP contribution is 2.08. The Kier molecular flexibility index (Phi) is 4.26. The predicted octanol–water partition coefficient (Wildman–Crippen LogP) is -2.23. The fourth-order valence-corrected chi connectivity index (χ4v) is 2.50. The maximum atomic E-state index is 12.0. The molecule has 0 aliphatic heterocycles. The number of hydrogen-bond donors (Lipinski definition) is 3. The fourth-order valence-electron chi connectivity index (χ4n) is 1.21. The molecule has 0 spiro atoms. The summed E-state index contributed by atoms with van der Waals surface area (Å²) in [5.74, 6) is 0.548. The number of terminal acetylenes is 1.